The molecule has 4 aliphatic rings. The molecular weight excluding hydrogens is 276 g/mol. The van der Waals surface area contributed by atoms with E-state index in [-0.39, 0.29) is 12.4 Å². The zero-order valence-electron chi connectivity index (χ0n) is 11.8. The lowest BCUT2D eigenvalue weighted by molar-refractivity contribution is -0.201. The Labute approximate surface area is 121 Å². The molecule has 6 heteroatoms. The van der Waals surface area contributed by atoms with E-state index < -0.39 is 46.8 Å². The van der Waals surface area contributed by atoms with Gasteiger partial charge in [-0.2, -0.15) is 0 Å². The Balaban J connectivity index is 1.97. The number of aliphatic hydroxyl groups is 1. The maximum absolute atomic E-state index is 12.2. The van der Waals surface area contributed by atoms with Crippen molar-refractivity contribution in [3.05, 3.63) is 11.6 Å². The summed E-state index contributed by atoms with van der Waals surface area (Å²) in [7, 11) is 0. The molecule has 1 saturated carbocycles. The number of rotatable bonds is 0. The number of carbonyl (C=O) groups is 3. The fourth-order valence-electron chi connectivity index (χ4n) is 4.82. The molecule has 2 aliphatic carbocycles. The molecule has 0 aromatic carbocycles. The lowest BCUT2D eigenvalue weighted by atomic mass is 9.50. The van der Waals surface area contributed by atoms with Crippen molar-refractivity contribution in [2.75, 3.05) is 6.61 Å². The van der Waals surface area contributed by atoms with Crippen LogP contribution in [-0.2, 0) is 23.9 Å². The minimum Gasteiger partial charge on any atom is -0.464 e. The Morgan fingerprint density at radius 3 is 2.71 bits per heavy atom. The third-order valence-corrected chi connectivity index (χ3v) is 5.95. The standard InChI is InChI=1S/C15H16O6/c1-6-7(16)3-9-14(2)5-20-12(18)10(14)8-4-15(6,9)11(17)13(19)21-8/h3,6,8,10-11,17H,4-5H2,1-2H3/t6-,8+,10-,11?,14-,15?/m0/s1. The molecular formula is C15H16O6. The molecule has 0 amide bonds. The Morgan fingerprint density at radius 2 is 2.00 bits per heavy atom. The number of cyclic esters (lactones) is 1. The van der Waals surface area contributed by atoms with Gasteiger partial charge in [-0.1, -0.05) is 13.8 Å². The van der Waals surface area contributed by atoms with E-state index in [0.29, 0.717) is 12.0 Å². The molecule has 2 aliphatic heterocycles. The Morgan fingerprint density at radius 1 is 1.29 bits per heavy atom. The van der Waals surface area contributed by atoms with E-state index in [2.05, 4.69) is 0 Å². The third kappa shape index (κ3) is 1.22. The van der Waals surface area contributed by atoms with Crippen LogP contribution < -0.4 is 0 Å². The van der Waals surface area contributed by atoms with Crippen molar-refractivity contribution < 1.29 is 29.0 Å². The predicted molar refractivity (Wildman–Crippen MR) is 67.7 cm³/mol. The van der Waals surface area contributed by atoms with Crippen LogP contribution in [0.15, 0.2) is 11.6 Å². The molecule has 3 fully saturated rings. The molecule has 2 bridgehead atoms. The van der Waals surface area contributed by atoms with E-state index in [1.165, 1.54) is 6.08 Å². The number of carbonyl (C=O) groups excluding carboxylic acids is 3. The summed E-state index contributed by atoms with van der Waals surface area (Å²) in [6.45, 7) is 3.74. The largest absolute Gasteiger partial charge is 0.464 e. The fourth-order valence-corrected chi connectivity index (χ4v) is 4.82. The highest BCUT2D eigenvalue weighted by Gasteiger charge is 2.72. The molecule has 6 atom stereocenters. The van der Waals surface area contributed by atoms with Crippen molar-refractivity contribution in [1.29, 1.82) is 0 Å². The molecule has 2 unspecified atom stereocenters. The van der Waals surface area contributed by atoms with E-state index in [1.54, 1.807) is 6.92 Å². The van der Waals surface area contributed by atoms with Gasteiger partial charge in [0.25, 0.3) is 0 Å². The smallest absolute Gasteiger partial charge is 0.336 e. The van der Waals surface area contributed by atoms with Gasteiger partial charge in [0.05, 0.1) is 0 Å². The van der Waals surface area contributed by atoms with Gasteiger partial charge in [0.15, 0.2) is 11.9 Å². The van der Waals surface area contributed by atoms with Gasteiger partial charge in [-0.3, -0.25) is 9.59 Å². The van der Waals surface area contributed by atoms with Crippen LogP contribution in [-0.4, -0.2) is 41.6 Å². The molecule has 2 saturated heterocycles. The number of fused-ring (bicyclic) bond motifs is 4. The summed E-state index contributed by atoms with van der Waals surface area (Å²) in [5, 5.41) is 10.4. The van der Waals surface area contributed by atoms with Gasteiger partial charge in [0.1, 0.15) is 18.6 Å². The van der Waals surface area contributed by atoms with Crippen LogP contribution >= 0.6 is 0 Å². The zero-order chi connectivity index (χ0) is 15.2. The molecule has 112 valence electrons. The monoisotopic (exact) mass is 292 g/mol. The van der Waals surface area contributed by atoms with Gasteiger partial charge in [-0.05, 0) is 18.1 Å². The molecule has 0 radical (unpaired) electrons. The summed E-state index contributed by atoms with van der Waals surface area (Å²) in [5.74, 6) is -2.34. The van der Waals surface area contributed by atoms with E-state index in [0.717, 1.165) is 0 Å². The van der Waals surface area contributed by atoms with E-state index in [9.17, 15) is 19.5 Å². The molecule has 0 aromatic heterocycles. The summed E-state index contributed by atoms with van der Waals surface area (Å²) >= 11 is 0. The number of aliphatic hydroxyl groups excluding tert-OH is 1. The number of hydrogen-bond donors (Lipinski definition) is 1. The van der Waals surface area contributed by atoms with Gasteiger partial charge in [-0.25, -0.2) is 4.79 Å². The summed E-state index contributed by atoms with van der Waals surface area (Å²) in [6.07, 6.45) is -0.188. The van der Waals surface area contributed by atoms with Crippen LogP contribution in [0.25, 0.3) is 0 Å². The van der Waals surface area contributed by atoms with Crippen LogP contribution in [0.3, 0.4) is 0 Å². The van der Waals surface area contributed by atoms with Gasteiger partial charge in [0.2, 0.25) is 0 Å². The Kier molecular flexibility index (Phi) is 2.20. The number of ketones is 1. The summed E-state index contributed by atoms with van der Waals surface area (Å²) in [4.78, 5) is 36.3. The van der Waals surface area contributed by atoms with Crippen molar-refractivity contribution in [3.63, 3.8) is 0 Å². The van der Waals surface area contributed by atoms with Crippen LogP contribution in [0.1, 0.15) is 20.3 Å². The second-order valence-electron chi connectivity index (χ2n) is 6.81. The molecule has 2 heterocycles. The van der Waals surface area contributed by atoms with Gasteiger partial charge < -0.3 is 14.6 Å². The summed E-state index contributed by atoms with van der Waals surface area (Å²) < 4.78 is 10.5. The fraction of sp³-hybridized carbons (Fsp3) is 0.667. The highest BCUT2D eigenvalue weighted by Crippen LogP contribution is 2.65. The quantitative estimate of drug-likeness (QED) is 0.631. The number of ether oxygens (including phenoxy) is 2. The van der Waals surface area contributed by atoms with Crippen molar-refractivity contribution >= 4 is 17.7 Å². The van der Waals surface area contributed by atoms with Crippen molar-refractivity contribution in [3.8, 4) is 0 Å². The lowest BCUT2D eigenvalue weighted by Crippen LogP contribution is -2.63. The van der Waals surface area contributed by atoms with Crippen LogP contribution in [0, 0.1) is 22.7 Å². The molecule has 1 N–H and O–H groups in total. The highest BCUT2D eigenvalue weighted by molar-refractivity contribution is 5.99. The zero-order valence-corrected chi connectivity index (χ0v) is 11.8. The predicted octanol–water partition coefficient (Wildman–Crippen LogP) is -0.0127. The van der Waals surface area contributed by atoms with Crippen molar-refractivity contribution in [1.82, 2.24) is 0 Å². The molecule has 1 spiro atoms. The average molecular weight is 292 g/mol. The number of hydrogen-bond acceptors (Lipinski definition) is 6. The van der Waals surface area contributed by atoms with Crippen LogP contribution in [0.2, 0.25) is 0 Å². The SMILES string of the molecule is C[C@H]1C(=O)C=C2C13C[C@@H](OC(=O)C3O)[C@H]1C(=O)OC[C@@]21C. The lowest BCUT2D eigenvalue weighted by Gasteiger charge is -2.55. The van der Waals surface area contributed by atoms with Gasteiger partial charge in [-0.15, -0.1) is 0 Å². The second kappa shape index (κ2) is 3.55. The highest BCUT2D eigenvalue weighted by atomic mass is 16.6. The van der Waals surface area contributed by atoms with E-state index in [4.69, 9.17) is 9.47 Å². The minimum atomic E-state index is -1.37. The van der Waals surface area contributed by atoms with Crippen LogP contribution in [0.4, 0.5) is 0 Å². The molecule has 0 aromatic rings. The molecule has 21 heavy (non-hydrogen) atoms. The van der Waals surface area contributed by atoms with Crippen molar-refractivity contribution in [2.24, 2.45) is 22.7 Å². The van der Waals surface area contributed by atoms with Gasteiger partial charge in [0, 0.05) is 16.7 Å². The Hall–Kier alpha value is -1.69. The minimum absolute atomic E-state index is 0.112. The summed E-state index contributed by atoms with van der Waals surface area (Å²) in [5.41, 5.74) is -0.956. The Bertz CT molecular complexity index is 622. The average Bonchev–Trinajstić information content (AvgIpc) is 2.87. The van der Waals surface area contributed by atoms with Crippen molar-refractivity contribution in [2.45, 2.75) is 32.5 Å². The first kappa shape index (κ1) is 13.0. The van der Waals surface area contributed by atoms with Gasteiger partial charge >= 0.3 is 11.9 Å². The summed E-state index contributed by atoms with van der Waals surface area (Å²) in [6, 6.07) is 0. The topological polar surface area (TPSA) is 89.9 Å². The maximum atomic E-state index is 12.2. The first-order valence-electron chi connectivity index (χ1n) is 7.14. The van der Waals surface area contributed by atoms with E-state index >= 15 is 0 Å². The first-order chi connectivity index (χ1) is 9.82. The normalized spacial score (nSPS) is 51.0. The number of allylic oxidation sites excluding steroid dienone is 1. The maximum Gasteiger partial charge on any atom is 0.336 e. The molecule has 6 nitrogen and oxygen atoms in total. The first-order valence-corrected chi connectivity index (χ1v) is 7.14. The van der Waals surface area contributed by atoms with Crippen LogP contribution in [0.5, 0.6) is 0 Å². The number of esters is 2. The second-order valence-corrected chi connectivity index (χ2v) is 6.81. The molecule has 4 rings (SSSR count). The van der Waals surface area contributed by atoms with E-state index in [1.807, 2.05) is 6.92 Å². The third-order valence-electron chi connectivity index (χ3n) is 5.95.